The third-order valence-corrected chi connectivity index (χ3v) is 5.03. The van der Waals surface area contributed by atoms with Crippen molar-refractivity contribution in [2.45, 2.75) is 5.92 Å². The number of hydrazine groups is 1. The van der Waals surface area contributed by atoms with Crippen molar-refractivity contribution in [3.8, 4) is 0 Å². The van der Waals surface area contributed by atoms with Crippen LogP contribution in [-0.4, -0.2) is 20.9 Å². The van der Waals surface area contributed by atoms with E-state index >= 15 is 0 Å². The van der Waals surface area contributed by atoms with Gasteiger partial charge in [0, 0.05) is 6.20 Å². The van der Waals surface area contributed by atoms with Gasteiger partial charge in [-0.1, -0.05) is 72.3 Å². The fourth-order valence-electron chi connectivity index (χ4n) is 3.18. The molecule has 0 atom stereocenters. The van der Waals surface area contributed by atoms with E-state index in [2.05, 4.69) is 31.1 Å². The molecule has 0 saturated carbocycles. The van der Waals surface area contributed by atoms with E-state index in [1.807, 2.05) is 60.7 Å². The van der Waals surface area contributed by atoms with Crippen molar-refractivity contribution in [2.75, 3.05) is 16.5 Å². The number of rotatable bonds is 7. The smallest absolute Gasteiger partial charge is 0.250 e. The molecule has 4 rings (SSSR count). The number of halogens is 1. The number of carbonyl (C=O) groups excluding carboxylic acids is 1. The number of carbonyl (C=O) groups is 1. The number of anilines is 4. The molecule has 2 aromatic heterocycles. The number of hydrogen-bond acceptors (Lipinski definition) is 7. The summed E-state index contributed by atoms with van der Waals surface area (Å²) in [5.41, 5.74) is 14.2. The minimum Gasteiger partial charge on any atom is -0.393 e. The molecule has 0 aliphatic heterocycles. The maximum atomic E-state index is 13.2. The first-order chi connectivity index (χ1) is 15.6. The average Bonchev–Trinajstić information content (AvgIpc) is 2.82. The van der Waals surface area contributed by atoms with Crippen molar-refractivity contribution in [1.82, 2.24) is 20.4 Å². The molecule has 2 aromatic carbocycles. The Kier molecular flexibility index (Phi) is 6.43. The van der Waals surface area contributed by atoms with Gasteiger partial charge in [0.15, 0.2) is 16.8 Å². The summed E-state index contributed by atoms with van der Waals surface area (Å²) in [4.78, 5) is 25.4. The van der Waals surface area contributed by atoms with Gasteiger partial charge < -0.3 is 11.1 Å². The van der Waals surface area contributed by atoms with Crippen LogP contribution in [0.2, 0.25) is 5.15 Å². The highest BCUT2D eigenvalue weighted by Gasteiger charge is 2.23. The Hall–Kier alpha value is -4.17. The number of hydrogen-bond donors (Lipinski definition) is 4. The molecular weight excluding hydrogens is 426 g/mol. The molecule has 0 unspecified atom stereocenters. The molecule has 0 aliphatic rings. The van der Waals surface area contributed by atoms with E-state index in [9.17, 15) is 4.79 Å². The average molecular weight is 446 g/mol. The highest BCUT2D eigenvalue weighted by molar-refractivity contribution is 6.32. The van der Waals surface area contributed by atoms with E-state index in [0.29, 0.717) is 11.5 Å². The van der Waals surface area contributed by atoms with Gasteiger partial charge in [0.1, 0.15) is 12.0 Å². The first-order valence-corrected chi connectivity index (χ1v) is 10.1. The lowest BCUT2D eigenvalue weighted by molar-refractivity contribution is -0.121. The summed E-state index contributed by atoms with van der Waals surface area (Å²) in [5, 5.41) is 3.30. The first kappa shape index (κ1) is 21.1. The Labute approximate surface area is 189 Å². The lowest BCUT2D eigenvalue weighted by atomic mass is 9.91. The molecule has 160 valence electrons. The summed E-state index contributed by atoms with van der Waals surface area (Å²) < 4.78 is 0. The standard InChI is InChI=1S/C23H20ClN7O/c24-20-17(12-7-13-26-20)29-21-19(25)22(28-14-27-21)30-31-23(32)18(15-8-3-1-4-9-15)16-10-5-2-6-11-16/h1-14,18H,25H2,(H,31,32)(H2,27,28,29,30). The number of benzene rings is 2. The fourth-order valence-corrected chi connectivity index (χ4v) is 3.35. The number of nitrogens with zero attached hydrogens (tertiary/aromatic N) is 3. The summed E-state index contributed by atoms with van der Waals surface area (Å²) in [6, 6.07) is 22.5. The van der Waals surface area contributed by atoms with Crippen LogP contribution in [0.3, 0.4) is 0 Å². The Morgan fingerprint density at radius 3 is 2.09 bits per heavy atom. The molecule has 0 saturated heterocycles. The van der Waals surface area contributed by atoms with Crippen molar-refractivity contribution in [3.63, 3.8) is 0 Å². The summed E-state index contributed by atoms with van der Waals surface area (Å²) in [5.74, 6) is -0.199. The molecule has 32 heavy (non-hydrogen) atoms. The Balaban J connectivity index is 1.53. The van der Waals surface area contributed by atoms with E-state index in [0.717, 1.165) is 11.1 Å². The molecule has 0 spiro atoms. The quantitative estimate of drug-likeness (QED) is 0.249. The molecule has 0 radical (unpaired) electrons. The van der Waals surface area contributed by atoms with Crippen LogP contribution in [-0.2, 0) is 4.79 Å². The van der Waals surface area contributed by atoms with Crippen LogP contribution in [0.25, 0.3) is 0 Å². The topological polar surface area (TPSA) is 118 Å². The third kappa shape index (κ3) is 4.76. The van der Waals surface area contributed by atoms with E-state index in [1.165, 1.54) is 6.33 Å². The number of aromatic nitrogens is 3. The Morgan fingerprint density at radius 1 is 0.844 bits per heavy atom. The van der Waals surface area contributed by atoms with Crippen molar-refractivity contribution in [1.29, 1.82) is 0 Å². The zero-order valence-electron chi connectivity index (χ0n) is 16.9. The molecule has 0 aliphatic carbocycles. The second-order valence-electron chi connectivity index (χ2n) is 6.82. The largest absolute Gasteiger partial charge is 0.393 e. The number of nitrogens with two attached hydrogens (primary N) is 1. The summed E-state index contributed by atoms with van der Waals surface area (Å²) >= 11 is 6.09. The SMILES string of the molecule is Nc1c(NNC(=O)C(c2ccccc2)c2ccccc2)ncnc1Nc1cccnc1Cl. The van der Waals surface area contributed by atoms with Crippen LogP contribution in [0, 0.1) is 0 Å². The Bertz CT molecular complexity index is 1170. The van der Waals surface area contributed by atoms with Crippen molar-refractivity contribution in [3.05, 3.63) is 102 Å². The molecule has 1 amide bonds. The number of nitrogen functional groups attached to an aromatic ring is 1. The number of pyridine rings is 1. The number of nitrogens with one attached hydrogen (secondary N) is 3. The Morgan fingerprint density at radius 2 is 1.47 bits per heavy atom. The lowest BCUT2D eigenvalue weighted by Gasteiger charge is -2.19. The molecule has 2 heterocycles. The van der Waals surface area contributed by atoms with Gasteiger partial charge in [0.05, 0.1) is 11.6 Å². The predicted octanol–water partition coefficient (Wildman–Crippen LogP) is 4.13. The van der Waals surface area contributed by atoms with Gasteiger partial charge in [-0.25, -0.2) is 15.0 Å². The minimum atomic E-state index is -0.514. The first-order valence-electron chi connectivity index (χ1n) is 9.77. The molecular formula is C23H20ClN7O. The maximum absolute atomic E-state index is 13.2. The lowest BCUT2D eigenvalue weighted by Crippen LogP contribution is -2.35. The summed E-state index contributed by atoms with van der Waals surface area (Å²) in [6.45, 7) is 0. The van der Waals surface area contributed by atoms with Gasteiger partial charge in [-0.3, -0.25) is 15.6 Å². The van der Waals surface area contributed by atoms with Crippen LogP contribution in [0.5, 0.6) is 0 Å². The van der Waals surface area contributed by atoms with Gasteiger partial charge in [0.25, 0.3) is 0 Å². The van der Waals surface area contributed by atoms with Crippen LogP contribution in [0.4, 0.5) is 23.0 Å². The summed E-state index contributed by atoms with van der Waals surface area (Å²) in [6.07, 6.45) is 2.90. The van der Waals surface area contributed by atoms with Gasteiger partial charge in [-0.2, -0.15) is 0 Å². The van der Waals surface area contributed by atoms with E-state index < -0.39 is 5.92 Å². The number of amides is 1. The van der Waals surface area contributed by atoms with Gasteiger partial charge in [-0.15, -0.1) is 0 Å². The van der Waals surface area contributed by atoms with Crippen molar-refractivity contribution < 1.29 is 4.79 Å². The molecule has 8 nitrogen and oxygen atoms in total. The van der Waals surface area contributed by atoms with Crippen molar-refractivity contribution in [2.24, 2.45) is 0 Å². The van der Waals surface area contributed by atoms with E-state index in [4.69, 9.17) is 17.3 Å². The maximum Gasteiger partial charge on any atom is 0.250 e. The normalized spacial score (nSPS) is 10.6. The van der Waals surface area contributed by atoms with E-state index in [-0.39, 0.29) is 22.6 Å². The fraction of sp³-hybridized carbons (Fsp3) is 0.0435. The molecule has 5 N–H and O–H groups in total. The van der Waals surface area contributed by atoms with Gasteiger partial charge >= 0.3 is 0 Å². The monoisotopic (exact) mass is 445 g/mol. The predicted molar refractivity (Wildman–Crippen MR) is 125 cm³/mol. The minimum absolute atomic E-state index is 0.212. The second kappa shape index (κ2) is 9.76. The molecule has 9 heteroatoms. The molecule has 0 bridgehead atoms. The summed E-state index contributed by atoms with van der Waals surface area (Å²) in [7, 11) is 0. The van der Waals surface area contributed by atoms with Gasteiger partial charge in [0.2, 0.25) is 5.91 Å². The van der Waals surface area contributed by atoms with Gasteiger partial charge in [-0.05, 0) is 23.3 Å². The molecule has 0 fully saturated rings. The van der Waals surface area contributed by atoms with Crippen LogP contribution < -0.4 is 21.9 Å². The zero-order valence-corrected chi connectivity index (χ0v) is 17.6. The van der Waals surface area contributed by atoms with Crippen LogP contribution >= 0.6 is 11.6 Å². The van der Waals surface area contributed by atoms with E-state index in [1.54, 1.807) is 18.3 Å². The van der Waals surface area contributed by atoms with Crippen LogP contribution in [0.15, 0.2) is 85.3 Å². The third-order valence-electron chi connectivity index (χ3n) is 4.73. The zero-order chi connectivity index (χ0) is 22.3. The highest BCUT2D eigenvalue weighted by atomic mass is 35.5. The van der Waals surface area contributed by atoms with Crippen LogP contribution in [0.1, 0.15) is 17.0 Å². The van der Waals surface area contributed by atoms with Crippen molar-refractivity contribution >= 4 is 40.5 Å². The molecule has 4 aromatic rings. The second-order valence-corrected chi connectivity index (χ2v) is 7.18. The highest BCUT2D eigenvalue weighted by Crippen LogP contribution is 2.29.